The molecule has 0 fully saturated rings. The van der Waals surface area contributed by atoms with Crippen LogP contribution in [0.25, 0.3) is 0 Å². The molecule has 0 heterocycles. The fourth-order valence-electron chi connectivity index (χ4n) is 1.63. The van der Waals surface area contributed by atoms with Crippen molar-refractivity contribution in [1.82, 2.24) is 0 Å². The van der Waals surface area contributed by atoms with E-state index in [0.717, 1.165) is 31.4 Å². The van der Waals surface area contributed by atoms with Gasteiger partial charge in [-0.1, -0.05) is 50.6 Å². The molecule has 1 rings (SSSR count). The Kier molecular flexibility index (Phi) is 6.56. The predicted octanol–water partition coefficient (Wildman–Crippen LogP) is 3.71. The summed E-state index contributed by atoms with van der Waals surface area (Å²) in [4.78, 5) is 12.0. The van der Waals surface area contributed by atoms with Crippen LogP contribution in [0.1, 0.15) is 43.5 Å². The van der Waals surface area contributed by atoms with Crippen LogP contribution in [0.15, 0.2) is 30.3 Å². The highest BCUT2D eigenvalue weighted by molar-refractivity contribution is 5.97. The molecule has 0 aliphatic rings. The molecule has 0 saturated carbocycles. The number of rotatable bonds is 8. The highest BCUT2D eigenvalue weighted by Gasteiger charge is 2.14. The minimum absolute atomic E-state index is 0.0408. The van der Waals surface area contributed by atoms with Crippen molar-refractivity contribution < 1.29 is 9.53 Å². The highest BCUT2D eigenvalue weighted by atomic mass is 16.5. The van der Waals surface area contributed by atoms with E-state index in [1.165, 1.54) is 0 Å². The molecule has 0 radical (unpaired) electrons. The van der Waals surface area contributed by atoms with Gasteiger partial charge in [0.15, 0.2) is 5.78 Å². The van der Waals surface area contributed by atoms with Crippen molar-refractivity contribution in [2.75, 3.05) is 13.2 Å². The normalized spacial score (nSPS) is 12.4. The lowest BCUT2D eigenvalue weighted by molar-refractivity contribution is 0.0849. The van der Waals surface area contributed by atoms with Crippen LogP contribution in [-0.4, -0.2) is 19.0 Å². The van der Waals surface area contributed by atoms with Gasteiger partial charge in [-0.15, -0.1) is 0 Å². The van der Waals surface area contributed by atoms with Crippen molar-refractivity contribution in [3.05, 3.63) is 35.9 Å². The van der Waals surface area contributed by atoms with E-state index in [-0.39, 0.29) is 11.7 Å². The lowest BCUT2D eigenvalue weighted by Crippen LogP contribution is -2.14. The molecule has 2 heteroatoms. The minimum Gasteiger partial charge on any atom is -0.381 e. The van der Waals surface area contributed by atoms with Gasteiger partial charge < -0.3 is 4.74 Å². The number of hydrogen-bond donors (Lipinski definition) is 0. The summed E-state index contributed by atoms with van der Waals surface area (Å²) < 4.78 is 5.48. The monoisotopic (exact) mass is 234 g/mol. The van der Waals surface area contributed by atoms with E-state index in [1.807, 2.05) is 37.3 Å². The first-order chi connectivity index (χ1) is 8.25. The van der Waals surface area contributed by atoms with Gasteiger partial charge in [-0.05, 0) is 12.8 Å². The van der Waals surface area contributed by atoms with Crippen LogP contribution in [0.4, 0.5) is 0 Å². The van der Waals surface area contributed by atoms with Crippen LogP contribution in [-0.2, 0) is 4.74 Å². The van der Waals surface area contributed by atoms with Crippen molar-refractivity contribution in [2.24, 2.45) is 5.92 Å². The van der Waals surface area contributed by atoms with E-state index in [4.69, 9.17) is 4.74 Å². The van der Waals surface area contributed by atoms with Crippen molar-refractivity contribution in [2.45, 2.75) is 33.1 Å². The number of ketones is 1. The van der Waals surface area contributed by atoms with E-state index in [2.05, 4.69) is 6.92 Å². The number of Topliss-reactive ketones (excluding diaryl/α,β-unsaturated/α-hetero) is 1. The summed E-state index contributed by atoms with van der Waals surface area (Å²) >= 11 is 0. The highest BCUT2D eigenvalue weighted by Crippen LogP contribution is 2.12. The fraction of sp³-hybridized carbons (Fsp3) is 0.533. The molecule has 1 atom stereocenters. The van der Waals surface area contributed by atoms with Crippen molar-refractivity contribution in [3.63, 3.8) is 0 Å². The fourth-order valence-corrected chi connectivity index (χ4v) is 1.63. The van der Waals surface area contributed by atoms with Gasteiger partial charge >= 0.3 is 0 Å². The SMILES string of the molecule is CCCCOCCC(C)C(=O)c1ccccc1. The quantitative estimate of drug-likeness (QED) is 0.506. The van der Waals surface area contributed by atoms with E-state index in [1.54, 1.807) is 0 Å². The Labute approximate surface area is 104 Å². The van der Waals surface area contributed by atoms with Crippen LogP contribution >= 0.6 is 0 Å². The number of carbonyl (C=O) groups is 1. The zero-order valence-electron chi connectivity index (χ0n) is 10.8. The maximum absolute atomic E-state index is 12.0. The number of unbranched alkanes of at least 4 members (excludes halogenated alkanes) is 1. The summed E-state index contributed by atoms with van der Waals surface area (Å²) in [7, 11) is 0. The molecule has 2 nitrogen and oxygen atoms in total. The van der Waals surface area contributed by atoms with Gasteiger partial charge in [-0.2, -0.15) is 0 Å². The molecule has 0 aromatic heterocycles. The molecule has 0 bridgehead atoms. The van der Waals surface area contributed by atoms with E-state index in [0.29, 0.717) is 6.61 Å². The van der Waals surface area contributed by atoms with E-state index in [9.17, 15) is 4.79 Å². The standard InChI is InChI=1S/C15H22O2/c1-3-4-11-17-12-10-13(2)15(16)14-8-6-5-7-9-14/h5-9,13H,3-4,10-12H2,1-2H3. The molecule has 1 aromatic rings. The van der Waals surface area contributed by atoms with Crippen LogP contribution in [0.3, 0.4) is 0 Å². The number of benzene rings is 1. The molecule has 1 unspecified atom stereocenters. The summed E-state index contributed by atoms with van der Waals surface area (Å²) in [5, 5.41) is 0. The zero-order chi connectivity index (χ0) is 12.5. The van der Waals surface area contributed by atoms with E-state index >= 15 is 0 Å². The van der Waals surface area contributed by atoms with Crippen molar-refractivity contribution in [3.8, 4) is 0 Å². The Morgan fingerprint density at radius 1 is 1.24 bits per heavy atom. The van der Waals surface area contributed by atoms with Gasteiger partial charge in [0.25, 0.3) is 0 Å². The maximum Gasteiger partial charge on any atom is 0.165 e. The van der Waals surface area contributed by atoms with Gasteiger partial charge in [-0.3, -0.25) is 4.79 Å². The summed E-state index contributed by atoms with van der Waals surface area (Å²) in [5.74, 6) is 0.253. The third-order valence-electron chi connectivity index (χ3n) is 2.84. The molecule has 94 valence electrons. The van der Waals surface area contributed by atoms with Gasteiger partial charge in [0.2, 0.25) is 0 Å². The molecule has 0 aliphatic carbocycles. The second-order valence-corrected chi connectivity index (χ2v) is 4.39. The third-order valence-corrected chi connectivity index (χ3v) is 2.84. The average Bonchev–Trinajstić information content (AvgIpc) is 2.38. The summed E-state index contributed by atoms with van der Waals surface area (Å²) in [5.41, 5.74) is 0.800. The number of carbonyl (C=O) groups excluding carboxylic acids is 1. The Balaban J connectivity index is 2.28. The smallest absolute Gasteiger partial charge is 0.165 e. The first kappa shape index (κ1) is 13.9. The van der Waals surface area contributed by atoms with Gasteiger partial charge in [0.05, 0.1) is 0 Å². The largest absolute Gasteiger partial charge is 0.381 e. The Bertz CT molecular complexity index is 319. The van der Waals surface area contributed by atoms with Crippen LogP contribution in [0.5, 0.6) is 0 Å². The van der Waals surface area contributed by atoms with Crippen molar-refractivity contribution >= 4 is 5.78 Å². The molecular formula is C15H22O2. The summed E-state index contributed by atoms with van der Waals surface area (Å²) in [6, 6.07) is 9.47. The lowest BCUT2D eigenvalue weighted by atomic mass is 9.97. The van der Waals surface area contributed by atoms with Gasteiger partial charge in [-0.25, -0.2) is 0 Å². The van der Waals surface area contributed by atoms with Crippen LogP contribution in [0.2, 0.25) is 0 Å². The molecule has 17 heavy (non-hydrogen) atoms. The second kappa shape index (κ2) is 8.02. The second-order valence-electron chi connectivity index (χ2n) is 4.39. The molecule has 0 saturated heterocycles. The number of ether oxygens (including phenoxy) is 1. The molecule has 0 aliphatic heterocycles. The minimum atomic E-state index is 0.0408. The van der Waals surface area contributed by atoms with Gasteiger partial charge in [0.1, 0.15) is 0 Å². The Morgan fingerprint density at radius 2 is 1.94 bits per heavy atom. The number of hydrogen-bond acceptors (Lipinski definition) is 2. The Hall–Kier alpha value is -1.15. The van der Waals surface area contributed by atoms with Gasteiger partial charge in [0, 0.05) is 24.7 Å². The van der Waals surface area contributed by atoms with Crippen LogP contribution < -0.4 is 0 Å². The lowest BCUT2D eigenvalue weighted by Gasteiger charge is -2.10. The predicted molar refractivity (Wildman–Crippen MR) is 70.3 cm³/mol. The Morgan fingerprint density at radius 3 is 2.59 bits per heavy atom. The summed E-state index contributed by atoms with van der Waals surface area (Å²) in [6.45, 7) is 5.60. The third kappa shape index (κ3) is 5.14. The first-order valence-electron chi connectivity index (χ1n) is 6.42. The van der Waals surface area contributed by atoms with Crippen LogP contribution in [0, 0.1) is 5.92 Å². The molecule has 1 aromatic carbocycles. The maximum atomic E-state index is 12.0. The topological polar surface area (TPSA) is 26.3 Å². The zero-order valence-corrected chi connectivity index (χ0v) is 10.8. The molecule has 0 amide bonds. The first-order valence-corrected chi connectivity index (χ1v) is 6.42. The summed E-state index contributed by atoms with van der Waals surface area (Å²) in [6.07, 6.45) is 3.05. The molecular weight excluding hydrogens is 212 g/mol. The average molecular weight is 234 g/mol. The van der Waals surface area contributed by atoms with Crippen molar-refractivity contribution in [1.29, 1.82) is 0 Å². The molecule has 0 N–H and O–H groups in total. The molecule has 0 spiro atoms. The van der Waals surface area contributed by atoms with E-state index < -0.39 is 0 Å².